The molecule has 0 bridgehead atoms. The van der Waals surface area contributed by atoms with E-state index in [2.05, 4.69) is 17.1 Å². The van der Waals surface area contributed by atoms with Gasteiger partial charge in [0, 0.05) is 12.1 Å². The van der Waals surface area contributed by atoms with Crippen molar-refractivity contribution in [1.82, 2.24) is 10.2 Å². The fourth-order valence-corrected chi connectivity index (χ4v) is 4.06. The average molecular weight is 280 g/mol. The average Bonchev–Trinajstić information content (AvgIpc) is 3.01. The van der Waals surface area contributed by atoms with Gasteiger partial charge in [-0.2, -0.15) is 0 Å². The zero-order valence-corrected chi connectivity index (χ0v) is 13.7. The van der Waals surface area contributed by atoms with Gasteiger partial charge < -0.3 is 5.32 Å². The summed E-state index contributed by atoms with van der Waals surface area (Å²) in [7, 11) is 0. The van der Waals surface area contributed by atoms with E-state index in [0.717, 1.165) is 12.1 Å². The summed E-state index contributed by atoms with van der Waals surface area (Å²) in [6, 6.07) is 1.66. The molecule has 2 heterocycles. The fraction of sp³-hybridized carbons (Fsp3) is 1.00. The summed E-state index contributed by atoms with van der Waals surface area (Å²) in [5, 5.41) is 3.74. The highest BCUT2D eigenvalue weighted by atomic mass is 15.2. The lowest BCUT2D eigenvalue weighted by Gasteiger charge is -2.39. The second kappa shape index (κ2) is 9.78. The zero-order valence-electron chi connectivity index (χ0n) is 13.7. The Kier molecular flexibility index (Phi) is 7.97. The molecule has 0 spiro atoms. The maximum Gasteiger partial charge on any atom is 0.0249 e. The number of nitrogens with one attached hydrogen (secondary N) is 1. The van der Waals surface area contributed by atoms with E-state index in [1.807, 2.05) is 0 Å². The third-order valence-electron chi connectivity index (χ3n) is 5.28. The highest BCUT2D eigenvalue weighted by Gasteiger charge is 2.30. The molecular formula is C18H36N2. The molecule has 2 atom stereocenters. The topological polar surface area (TPSA) is 15.3 Å². The molecule has 0 aliphatic carbocycles. The van der Waals surface area contributed by atoms with Crippen molar-refractivity contribution in [3.63, 3.8) is 0 Å². The van der Waals surface area contributed by atoms with E-state index >= 15 is 0 Å². The van der Waals surface area contributed by atoms with Gasteiger partial charge in [0.25, 0.3) is 0 Å². The van der Waals surface area contributed by atoms with Gasteiger partial charge in [-0.05, 0) is 51.7 Å². The van der Waals surface area contributed by atoms with Crippen LogP contribution in [0.3, 0.4) is 0 Å². The van der Waals surface area contributed by atoms with Crippen molar-refractivity contribution < 1.29 is 0 Å². The van der Waals surface area contributed by atoms with Gasteiger partial charge in [-0.15, -0.1) is 0 Å². The highest BCUT2D eigenvalue weighted by Crippen LogP contribution is 2.24. The first-order valence-corrected chi connectivity index (χ1v) is 9.39. The monoisotopic (exact) mass is 280 g/mol. The molecule has 2 rings (SSSR count). The predicted octanol–water partition coefficient (Wildman–Crippen LogP) is 4.34. The summed E-state index contributed by atoms with van der Waals surface area (Å²) in [6.07, 6.45) is 17.2. The van der Waals surface area contributed by atoms with Crippen molar-refractivity contribution in [3.05, 3.63) is 0 Å². The molecule has 0 radical (unpaired) electrons. The molecule has 1 N–H and O–H groups in total. The molecule has 2 nitrogen and oxygen atoms in total. The summed E-state index contributed by atoms with van der Waals surface area (Å²) in [5.74, 6) is 0. The maximum atomic E-state index is 3.74. The molecule has 20 heavy (non-hydrogen) atoms. The maximum absolute atomic E-state index is 3.74. The molecule has 2 fully saturated rings. The molecule has 0 saturated carbocycles. The van der Waals surface area contributed by atoms with Crippen LogP contribution in [0.25, 0.3) is 0 Å². The second-order valence-electron chi connectivity index (χ2n) is 6.92. The van der Waals surface area contributed by atoms with E-state index in [1.165, 1.54) is 96.7 Å². The van der Waals surface area contributed by atoms with E-state index in [0.29, 0.717) is 0 Å². The normalized spacial score (nSPS) is 28.1. The molecule has 2 aliphatic heterocycles. The molecule has 0 aromatic rings. The van der Waals surface area contributed by atoms with Crippen molar-refractivity contribution in [2.45, 2.75) is 96.1 Å². The standard InChI is InChI=1S/C18H36N2/c1-2-3-4-5-6-7-9-15-20-16-10-8-13-18(20)17-12-11-14-19-17/h17-19H,2-16H2,1H3. The van der Waals surface area contributed by atoms with Gasteiger partial charge in [0.15, 0.2) is 0 Å². The van der Waals surface area contributed by atoms with E-state index in [9.17, 15) is 0 Å². The molecule has 118 valence electrons. The van der Waals surface area contributed by atoms with Crippen LogP contribution in [0.2, 0.25) is 0 Å². The lowest BCUT2D eigenvalue weighted by molar-refractivity contribution is 0.117. The van der Waals surface area contributed by atoms with Crippen molar-refractivity contribution >= 4 is 0 Å². The lowest BCUT2D eigenvalue weighted by atomic mass is 9.94. The molecule has 2 heteroatoms. The summed E-state index contributed by atoms with van der Waals surface area (Å²) in [4.78, 5) is 2.82. The Morgan fingerprint density at radius 3 is 2.45 bits per heavy atom. The van der Waals surface area contributed by atoms with Crippen LogP contribution in [-0.2, 0) is 0 Å². The number of piperidine rings is 1. The minimum atomic E-state index is 0.805. The SMILES string of the molecule is CCCCCCCCCN1CCCCC1C1CCCN1. The Hall–Kier alpha value is -0.0800. The van der Waals surface area contributed by atoms with Gasteiger partial charge in [0.1, 0.15) is 0 Å². The second-order valence-corrected chi connectivity index (χ2v) is 6.92. The van der Waals surface area contributed by atoms with E-state index < -0.39 is 0 Å². The molecule has 2 aliphatic rings. The van der Waals surface area contributed by atoms with Gasteiger partial charge in [0.2, 0.25) is 0 Å². The van der Waals surface area contributed by atoms with Crippen LogP contribution < -0.4 is 5.32 Å². The first kappa shape index (κ1) is 16.3. The van der Waals surface area contributed by atoms with Crippen LogP contribution in [0.15, 0.2) is 0 Å². The van der Waals surface area contributed by atoms with Crippen LogP contribution in [0.1, 0.15) is 84.0 Å². The Morgan fingerprint density at radius 2 is 1.70 bits per heavy atom. The van der Waals surface area contributed by atoms with Gasteiger partial charge in [0.05, 0.1) is 0 Å². The smallest absolute Gasteiger partial charge is 0.0249 e. The fourth-order valence-electron chi connectivity index (χ4n) is 4.06. The van der Waals surface area contributed by atoms with Crippen LogP contribution in [0.5, 0.6) is 0 Å². The number of likely N-dealkylation sites (tertiary alicyclic amines) is 1. The van der Waals surface area contributed by atoms with Crippen molar-refractivity contribution in [2.24, 2.45) is 0 Å². The lowest BCUT2D eigenvalue weighted by Crippen LogP contribution is -2.50. The Balaban J connectivity index is 1.59. The van der Waals surface area contributed by atoms with Crippen LogP contribution >= 0.6 is 0 Å². The van der Waals surface area contributed by atoms with Gasteiger partial charge in [-0.1, -0.05) is 51.9 Å². The van der Waals surface area contributed by atoms with Crippen LogP contribution in [0.4, 0.5) is 0 Å². The Morgan fingerprint density at radius 1 is 0.900 bits per heavy atom. The molecular weight excluding hydrogens is 244 g/mol. The summed E-state index contributed by atoms with van der Waals surface area (Å²) < 4.78 is 0. The molecule has 0 amide bonds. The van der Waals surface area contributed by atoms with Crippen molar-refractivity contribution in [1.29, 1.82) is 0 Å². The van der Waals surface area contributed by atoms with Gasteiger partial charge in [-0.3, -0.25) is 4.90 Å². The summed E-state index contributed by atoms with van der Waals surface area (Å²) >= 11 is 0. The largest absolute Gasteiger partial charge is 0.312 e. The number of unbranched alkanes of at least 4 members (excludes halogenated alkanes) is 6. The molecule has 0 aromatic heterocycles. The third kappa shape index (κ3) is 5.37. The Labute approximate surface area is 126 Å². The van der Waals surface area contributed by atoms with Crippen molar-refractivity contribution in [3.8, 4) is 0 Å². The van der Waals surface area contributed by atoms with Gasteiger partial charge in [-0.25, -0.2) is 0 Å². The molecule has 0 aromatic carbocycles. The quantitative estimate of drug-likeness (QED) is 0.632. The summed E-state index contributed by atoms with van der Waals surface area (Å²) in [5.41, 5.74) is 0. The number of hydrogen-bond acceptors (Lipinski definition) is 2. The summed E-state index contributed by atoms with van der Waals surface area (Å²) in [6.45, 7) is 6.27. The first-order chi connectivity index (χ1) is 9.92. The number of rotatable bonds is 9. The minimum absolute atomic E-state index is 0.805. The predicted molar refractivity (Wildman–Crippen MR) is 88.2 cm³/mol. The molecule has 2 unspecified atom stereocenters. The first-order valence-electron chi connectivity index (χ1n) is 9.39. The van der Waals surface area contributed by atoms with Crippen LogP contribution in [-0.4, -0.2) is 36.6 Å². The van der Waals surface area contributed by atoms with E-state index in [4.69, 9.17) is 0 Å². The number of nitrogens with zero attached hydrogens (tertiary/aromatic N) is 1. The third-order valence-corrected chi connectivity index (χ3v) is 5.28. The van der Waals surface area contributed by atoms with E-state index in [-0.39, 0.29) is 0 Å². The van der Waals surface area contributed by atoms with Gasteiger partial charge >= 0.3 is 0 Å². The molecule has 2 saturated heterocycles. The zero-order chi connectivity index (χ0) is 14.0. The Bertz CT molecular complexity index is 236. The van der Waals surface area contributed by atoms with Crippen LogP contribution in [0, 0.1) is 0 Å². The highest BCUT2D eigenvalue weighted by molar-refractivity contribution is 4.90. The van der Waals surface area contributed by atoms with Crippen molar-refractivity contribution in [2.75, 3.05) is 19.6 Å². The number of hydrogen-bond donors (Lipinski definition) is 1. The van der Waals surface area contributed by atoms with E-state index in [1.54, 1.807) is 0 Å². The minimum Gasteiger partial charge on any atom is -0.312 e.